The molecular formula is C58H36N4O. The summed E-state index contributed by atoms with van der Waals surface area (Å²) in [6, 6.07) is 77.5. The lowest BCUT2D eigenvalue weighted by molar-refractivity contribution is 0.669. The Kier molecular flexibility index (Phi) is 7.84. The molecule has 9 aromatic carbocycles. The van der Waals surface area contributed by atoms with Gasteiger partial charge in [-0.25, -0.2) is 9.97 Å². The summed E-state index contributed by atoms with van der Waals surface area (Å²) in [5.41, 5.74) is 15.3. The van der Waals surface area contributed by atoms with E-state index >= 15 is 0 Å². The summed E-state index contributed by atoms with van der Waals surface area (Å²) in [7, 11) is 0. The fraction of sp³-hybridized carbons (Fsp3) is 0. The molecule has 0 aliphatic carbocycles. The average molecular weight is 805 g/mol. The number of para-hydroxylation sites is 5. The van der Waals surface area contributed by atoms with Crippen LogP contribution in [-0.2, 0) is 0 Å². The minimum Gasteiger partial charge on any atom is -0.456 e. The fourth-order valence-corrected chi connectivity index (χ4v) is 9.63. The van der Waals surface area contributed by atoms with Crippen LogP contribution in [-0.4, -0.2) is 19.1 Å². The van der Waals surface area contributed by atoms with E-state index in [4.69, 9.17) is 14.4 Å². The topological polar surface area (TPSA) is 48.8 Å². The molecule has 0 atom stereocenters. The van der Waals surface area contributed by atoms with Gasteiger partial charge in [0, 0.05) is 60.4 Å². The number of aromatic nitrogens is 4. The number of nitrogens with zero attached hydrogens (tertiary/aromatic N) is 4. The molecule has 0 aliphatic rings. The molecule has 0 radical (unpaired) electrons. The van der Waals surface area contributed by atoms with Crippen LogP contribution in [0.5, 0.6) is 0 Å². The zero-order chi connectivity index (χ0) is 41.4. The Hall–Kier alpha value is -8.54. The summed E-state index contributed by atoms with van der Waals surface area (Å²) in [4.78, 5) is 10.7. The van der Waals surface area contributed by atoms with Gasteiger partial charge >= 0.3 is 0 Å². The van der Waals surface area contributed by atoms with Crippen LogP contribution in [0.3, 0.4) is 0 Å². The molecule has 0 fully saturated rings. The largest absolute Gasteiger partial charge is 0.456 e. The first-order valence-corrected chi connectivity index (χ1v) is 21.3. The number of hydrogen-bond acceptors (Lipinski definition) is 3. The minimum atomic E-state index is 0.667. The third kappa shape index (κ3) is 5.71. The standard InChI is InChI=1S/C58H36N4O/c1-2-15-37(16-3-1)58-59-50(40-18-14-17-38(31-40)39-29-30-57-49(34-39)48-23-8-13-28-56(48)63-57)36-51(60-58)41-32-42(61-52-24-9-4-19-44(52)45-20-5-10-25-53(45)61)35-43(33-41)62-54-26-11-6-21-46(54)47-22-7-12-27-55(47)62/h1-36H. The van der Waals surface area contributed by atoms with Crippen molar-refractivity contribution in [3.63, 3.8) is 0 Å². The third-order valence-corrected chi connectivity index (χ3v) is 12.5. The number of fused-ring (bicyclic) bond motifs is 9. The molecule has 0 spiro atoms. The average Bonchev–Trinajstić information content (AvgIpc) is 4.02. The molecule has 0 aliphatic heterocycles. The molecular weight excluding hydrogens is 769 g/mol. The van der Waals surface area contributed by atoms with Gasteiger partial charge in [-0.15, -0.1) is 0 Å². The van der Waals surface area contributed by atoms with Crippen molar-refractivity contribution in [2.24, 2.45) is 0 Å². The molecule has 63 heavy (non-hydrogen) atoms. The molecule has 4 aromatic heterocycles. The van der Waals surface area contributed by atoms with Crippen LogP contribution in [0.4, 0.5) is 0 Å². The van der Waals surface area contributed by atoms with Gasteiger partial charge < -0.3 is 13.6 Å². The molecule has 0 N–H and O–H groups in total. The van der Waals surface area contributed by atoms with Gasteiger partial charge in [0.25, 0.3) is 0 Å². The zero-order valence-electron chi connectivity index (χ0n) is 34.0. The fourth-order valence-electron chi connectivity index (χ4n) is 9.63. The quantitative estimate of drug-likeness (QED) is 0.168. The van der Waals surface area contributed by atoms with Crippen molar-refractivity contribution in [1.29, 1.82) is 0 Å². The van der Waals surface area contributed by atoms with E-state index in [9.17, 15) is 0 Å². The predicted molar refractivity (Wildman–Crippen MR) is 260 cm³/mol. The highest BCUT2D eigenvalue weighted by molar-refractivity contribution is 6.11. The summed E-state index contributed by atoms with van der Waals surface area (Å²) < 4.78 is 11.0. The molecule has 13 aromatic rings. The van der Waals surface area contributed by atoms with Crippen molar-refractivity contribution in [3.05, 3.63) is 218 Å². The highest BCUT2D eigenvalue weighted by Gasteiger charge is 2.19. The van der Waals surface area contributed by atoms with Gasteiger partial charge in [0.2, 0.25) is 0 Å². The van der Waals surface area contributed by atoms with E-state index in [0.29, 0.717) is 5.82 Å². The van der Waals surface area contributed by atoms with Gasteiger partial charge in [-0.1, -0.05) is 146 Å². The van der Waals surface area contributed by atoms with E-state index in [2.05, 4.69) is 197 Å². The predicted octanol–water partition coefficient (Wildman–Crippen LogP) is 15.2. The Balaban J connectivity index is 1.05. The molecule has 0 unspecified atom stereocenters. The van der Waals surface area contributed by atoms with Crippen LogP contribution < -0.4 is 0 Å². The number of rotatable bonds is 6. The van der Waals surface area contributed by atoms with Crippen molar-refractivity contribution in [2.75, 3.05) is 0 Å². The normalized spacial score (nSPS) is 11.8. The van der Waals surface area contributed by atoms with E-state index in [-0.39, 0.29) is 0 Å². The van der Waals surface area contributed by atoms with Gasteiger partial charge in [-0.2, -0.15) is 0 Å². The molecule has 13 rings (SSSR count). The van der Waals surface area contributed by atoms with Crippen LogP contribution in [0.1, 0.15) is 0 Å². The molecule has 5 nitrogen and oxygen atoms in total. The highest BCUT2D eigenvalue weighted by atomic mass is 16.3. The van der Waals surface area contributed by atoms with E-state index in [1.807, 2.05) is 30.3 Å². The maximum Gasteiger partial charge on any atom is 0.160 e. The van der Waals surface area contributed by atoms with Crippen molar-refractivity contribution >= 4 is 65.6 Å². The lowest BCUT2D eigenvalue weighted by Crippen LogP contribution is -2.01. The second-order valence-corrected chi connectivity index (χ2v) is 16.2. The van der Waals surface area contributed by atoms with Crippen LogP contribution in [0.15, 0.2) is 223 Å². The number of benzene rings is 9. The van der Waals surface area contributed by atoms with Gasteiger partial charge in [0.1, 0.15) is 11.2 Å². The number of furan rings is 1. The first-order valence-electron chi connectivity index (χ1n) is 21.3. The Morgan fingerprint density at radius 2 is 0.746 bits per heavy atom. The van der Waals surface area contributed by atoms with E-state index < -0.39 is 0 Å². The molecule has 294 valence electrons. The van der Waals surface area contributed by atoms with E-state index in [1.54, 1.807) is 0 Å². The van der Waals surface area contributed by atoms with Crippen LogP contribution >= 0.6 is 0 Å². The van der Waals surface area contributed by atoms with Crippen molar-refractivity contribution < 1.29 is 4.42 Å². The van der Waals surface area contributed by atoms with Crippen molar-refractivity contribution in [3.8, 4) is 56.4 Å². The lowest BCUT2D eigenvalue weighted by atomic mass is 9.99. The Labute approximate surface area is 362 Å². The SMILES string of the molecule is c1ccc(-c2nc(-c3cccc(-c4ccc5oc6ccccc6c5c4)c3)cc(-c3cc(-n4c5ccccc5c5ccccc54)cc(-n4c5ccccc5c5ccccc54)c3)n2)cc1. The summed E-state index contributed by atoms with van der Waals surface area (Å²) in [5.74, 6) is 0.667. The van der Waals surface area contributed by atoms with Gasteiger partial charge in [-0.05, 0) is 83.9 Å². The Bertz CT molecular complexity index is 3690. The maximum absolute atomic E-state index is 6.17. The molecule has 0 amide bonds. The first-order chi connectivity index (χ1) is 31.2. The van der Waals surface area contributed by atoms with Crippen LogP contribution in [0.25, 0.3) is 122 Å². The lowest BCUT2D eigenvalue weighted by Gasteiger charge is -2.16. The van der Waals surface area contributed by atoms with Crippen molar-refractivity contribution in [1.82, 2.24) is 19.1 Å². The minimum absolute atomic E-state index is 0.667. The van der Waals surface area contributed by atoms with Crippen molar-refractivity contribution in [2.45, 2.75) is 0 Å². The summed E-state index contributed by atoms with van der Waals surface area (Å²) in [6.07, 6.45) is 0. The zero-order valence-corrected chi connectivity index (χ0v) is 34.0. The van der Waals surface area contributed by atoms with Crippen LogP contribution in [0.2, 0.25) is 0 Å². The Morgan fingerprint density at radius 3 is 1.35 bits per heavy atom. The molecule has 0 bridgehead atoms. The van der Waals surface area contributed by atoms with Gasteiger partial charge in [0.05, 0.1) is 33.5 Å². The van der Waals surface area contributed by atoms with Gasteiger partial charge in [-0.3, -0.25) is 0 Å². The first kappa shape index (κ1) is 35.2. The number of hydrogen-bond donors (Lipinski definition) is 0. The Morgan fingerprint density at radius 1 is 0.286 bits per heavy atom. The maximum atomic E-state index is 6.17. The molecule has 0 saturated carbocycles. The van der Waals surface area contributed by atoms with Crippen LogP contribution in [0, 0.1) is 0 Å². The highest BCUT2D eigenvalue weighted by Crippen LogP contribution is 2.39. The van der Waals surface area contributed by atoms with Gasteiger partial charge in [0.15, 0.2) is 5.82 Å². The molecule has 4 heterocycles. The molecule has 0 saturated heterocycles. The molecule has 5 heteroatoms. The summed E-state index contributed by atoms with van der Waals surface area (Å²) >= 11 is 0. The summed E-state index contributed by atoms with van der Waals surface area (Å²) in [6.45, 7) is 0. The third-order valence-electron chi connectivity index (χ3n) is 12.5. The smallest absolute Gasteiger partial charge is 0.160 e. The summed E-state index contributed by atoms with van der Waals surface area (Å²) in [5, 5.41) is 7.08. The monoisotopic (exact) mass is 804 g/mol. The second-order valence-electron chi connectivity index (χ2n) is 16.2. The second kappa shape index (κ2) is 14.0. The van der Waals surface area contributed by atoms with E-state index in [1.165, 1.54) is 21.5 Å². The van der Waals surface area contributed by atoms with E-state index in [0.717, 1.165) is 94.6 Å².